The molecule has 2 aliphatic heterocycles. The third-order valence-electron chi connectivity index (χ3n) is 13.7. The SMILES string of the molecule is C=CC[N+]1([C@H]2C[C@H]3[C@@H]4CC[C@H]5C[C@H](O)[C@H](N6CCOCC6)C[C@]5(C)[C@H]4CC[C@]3(C)[C@H]2OC(=O)CCC)CCCCC1. The van der Waals surface area contributed by atoms with Gasteiger partial charge in [0.1, 0.15) is 6.04 Å². The first kappa shape index (κ1) is 30.1. The van der Waals surface area contributed by atoms with Gasteiger partial charge >= 0.3 is 5.97 Å². The number of hydrogen-bond acceptors (Lipinski definition) is 5. The van der Waals surface area contributed by atoms with E-state index in [0.29, 0.717) is 36.1 Å². The number of morpholine rings is 1. The predicted molar refractivity (Wildman–Crippen MR) is 162 cm³/mol. The van der Waals surface area contributed by atoms with Crippen molar-refractivity contribution in [2.75, 3.05) is 45.9 Å². The lowest BCUT2D eigenvalue weighted by Gasteiger charge is -2.62. The summed E-state index contributed by atoms with van der Waals surface area (Å²) in [5, 5.41) is 11.3. The Morgan fingerprint density at radius 3 is 2.54 bits per heavy atom. The van der Waals surface area contributed by atoms with Crippen LogP contribution in [0.15, 0.2) is 12.7 Å². The lowest BCUT2D eigenvalue weighted by atomic mass is 9.44. The molecule has 0 bridgehead atoms. The summed E-state index contributed by atoms with van der Waals surface area (Å²) in [6.45, 7) is 18.3. The van der Waals surface area contributed by atoms with Gasteiger partial charge in [0.05, 0.1) is 39.0 Å². The van der Waals surface area contributed by atoms with Crippen molar-refractivity contribution in [1.82, 2.24) is 4.90 Å². The number of rotatable bonds is 7. The van der Waals surface area contributed by atoms with Crippen LogP contribution in [-0.4, -0.2) is 90.7 Å². The number of aliphatic hydroxyl groups excluding tert-OH is 1. The number of likely N-dealkylation sites (tertiary alicyclic amines) is 1. The third-order valence-corrected chi connectivity index (χ3v) is 13.7. The van der Waals surface area contributed by atoms with Gasteiger partial charge in [-0.1, -0.05) is 27.4 Å². The molecule has 4 saturated carbocycles. The minimum absolute atomic E-state index is 0.0188. The molecule has 2 saturated heterocycles. The highest BCUT2D eigenvalue weighted by molar-refractivity contribution is 5.69. The molecule has 10 atom stereocenters. The number of quaternary nitrogens is 1. The minimum atomic E-state index is -0.211. The third kappa shape index (κ3) is 5.15. The molecule has 6 rings (SSSR count). The van der Waals surface area contributed by atoms with Gasteiger partial charge in [-0.05, 0) is 99.4 Å². The molecule has 6 fully saturated rings. The smallest absolute Gasteiger partial charge is 0.306 e. The molecule has 0 radical (unpaired) electrons. The second kappa shape index (κ2) is 11.9. The molecule has 41 heavy (non-hydrogen) atoms. The van der Waals surface area contributed by atoms with Gasteiger partial charge < -0.3 is 19.1 Å². The van der Waals surface area contributed by atoms with Crippen molar-refractivity contribution in [3.63, 3.8) is 0 Å². The van der Waals surface area contributed by atoms with Crippen LogP contribution in [0.1, 0.15) is 97.8 Å². The second-order valence-electron chi connectivity index (χ2n) is 15.6. The normalized spacial score (nSPS) is 46.1. The fourth-order valence-electron chi connectivity index (χ4n) is 11.7. The Balaban J connectivity index is 1.30. The van der Waals surface area contributed by atoms with Crippen LogP contribution >= 0.6 is 0 Å². The lowest BCUT2D eigenvalue weighted by molar-refractivity contribution is -0.952. The number of fused-ring (bicyclic) bond motifs is 5. The van der Waals surface area contributed by atoms with Gasteiger partial charge in [-0.3, -0.25) is 9.69 Å². The zero-order valence-corrected chi connectivity index (χ0v) is 26.4. The second-order valence-corrected chi connectivity index (χ2v) is 15.6. The molecular formula is C35H59N2O4+. The van der Waals surface area contributed by atoms with Crippen molar-refractivity contribution in [3.05, 3.63) is 12.7 Å². The molecule has 232 valence electrons. The largest absolute Gasteiger partial charge is 0.455 e. The Kier molecular flexibility index (Phi) is 8.70. The monoisotopic (exact) mass is 571 g/mol. The number of nitrogens with zero attached hydrogens (tertiary/aromatic N) is 2. The first-order chi connectivity index (χ1) is 19.8. The molecule has 0 aromatic heterocycles. The Bertz CT molecular complexity index is 944. The number of aliphatic hydroxyl groups is 1. The fraction of sp³-hybridized carbons (Fsp3) is 0.914. The Labute approximate surface area is 249 Å². The van der Waals surface area contributed by atoms with Gasteiger partial charge in [0.2, 0.25) is 0 Å². The molecule has 0 spiro atoms. The number of ether oxygens (including phenoxy) is 2. The van der Waals surface area contributed by atoms with E-state index >= 15 is 0 Å². The Morgan fingerprint density at radius 1 is 1.07 bits per heavy atom. The molecule has 6 aliphatic rings. The van der Waals surface area contributed by atoms with Crippen molar-refractivity contribution in [1.29, 1.82) is 0 Å². The Hall–Kier alpha value is -0.950. The average Bonchev–Trinajstić information content (AvgIpc) is 3.27. The molecule has 0 aromatic rings. The first-order valence-electron chi connectivity index (χ1n) is 17.4. The summed E-state index contributed by atoms with van der Waals surface area (Å²) in [6, 6.07) is 0.656. The number of carbonyl (C=O) groups is 1. The summed E-state index contributed by atoms with van der Waals surface area (Å²) in [4.78, 5) is 15.7. The van der Waals surface area contributed by atoms with Crippen molar-refractivity contribution in [3.8, 4) is 0 Å². The van der Waals surface area contributed by atoms with E-state index in [1.54, 1.807) is 0 Å². The predicted octanol–water partition coefficient (Wildman–Crippen LogP) is 5.58. The zero-order valence-electron chi connectivity index (χ0n) is 26.4. The van der Waals surface area contributed by atoms with E-state index in [0.717, 1.165) is 56.6 Å². The summed E-state index contributed by atoms with van der Waals surface area (Å²) in [5.74, 6) is 2.65. The minimum Gasteiger partial charge on any atom is -0.455 e. The maximum atomic E-state index is 13.2. The highest BCUT2D eigenvalue weighted by Gasteiger charge is 2.67. The van der Waals surface area contributed by atoms with Crippen LogP contribution in [0.5, 0.6) is 0 Å². The molecule has 4 aliphatic carbocycles. The quantitative estimate of drug-likeness (QED) is 0.246. The number of piperidine rings is 1. The number of hydrogen-bond donors (Lipinski definition) is 1. The van der Waals surface area contributed by atoms with E-state index in [2.05, 4.69) is 38.3 Å². The Morgan fingerprint density at radius 2 is 1.83 bits per heavy atom. The van der Waals surface area contributed by atoms with Crippen molar-refractivity contribution >= 4 is 5.97 Å². The van der Waals surface area contributed by atoms with Gasteiger partial charge in [0.25, 0.3) is 0 Å². The molecule has 6 heteroatoms. The summed E-state index contributed by atoms with van der Waals surface area (Å²) in [7, 11) is 0. The van der Waals surface area contributed by atoms with Crippen molar-refractivity contribution in [2.45, 2.75) is 122 Å². The van der Waals surface area contributed by atoms with Crippen LogP contribution in [0.4, 0.5) is 0 Å². The van der Waals surface area contributed by atoms with E-state index in [9.17, 15) is 9.90 Å². The van der Waals surface area contributed by atoms with E-state index in [1.165, 1.54) is 64.5 Å². The average molecular weight is 572 g/mol. The first-order valence-corrected chi connectivity index (χ1v) is 17.4. The van der Waals surface area contributed by atoms with Crippen LogP contribution < -0.4 is 0 Å². The molecule has 2 heterocycles. The molecule has 0 aromatic carbocycles. The topological polar surface area (TPSA) is 59.0 Å². The summed E-state index contributed by atoms with van der Waals surface area (Å²) >= 11 is 0. The molecule has 6 nitrogen and oxygen atoms in total. The summed E-state index contributed by atoms with van der Waals surface area (Å²) in [6.07, 6.45) is 15.4. The fourth-order valence-corrected chi connectivity index (χ4v) is 11.7. The molecular weight excluding hydrogens is 512 g/mol. The van der Waals surface area contributed by atoms with E-state index in [4.69, 9.17) is 9.47 Å². The van der Waals surface area contributed by atoms with Crippen LogP contribution in [0.25, 0.3) is 0 Å². The van der Waals surface area contributed by atoms with Crippen LogP contribution in [-0.2, 0) is 14.3 Å². The van der Waals surface area contributed by atoms with E-state index < -0.39 is 0 Å². The number of carbonyl (C=O) groups excluding carboxylic acids is 1. The molecule has 0 amide bonds. The van der Waals surface area contributed by atoms with Crippen molar-refractivity contribution < 1.29 is 23.9 Å². The van der Waals surface area contributed by atoms with Crippen LogP contribution in [0, 0.1) is 34.5 Å². The van der Waals surface area contributed by atoms with Gasteiger partial charge in [0.15, 0.2) is 6.10 Å². The van der Waals surface area contributed by atoms with Crippen LogP contribution in [0.3, 0.4) is 0 Å². The van der Waals surface area contributed by atoms with Gasteiger partial charge in [-0.15, -0.1) is 0 Å². The van der Waals surface area contributed by atoms with E-state index in [-0.39, 0.29) is 35.0 Å². The van der Waals surface area contributed by atoms with Crippen molar-refractivity contribution in [2.24, 2.45) is 34.5 Å². The maximum absolute atomic E-state index is 13.2. The highest BCUT2D eigenvalue weighted by Crippen LogP contribution is 2.67. The van der Waals surface area contributed by atoms with Gasteiger partial charge in [0, 0.05) is 37.4 Å². The van der Waals surface area contributed by atoms with Gasteiger partial charge in [-0.25, -0.2) is 0 Å². The highest BCUT2D eigenvalue weighted by atomic mass is 16.5. The van der Waals surface area contributed by atoms with E-state index in [1.807, 2.05) is 0 Å². The van der Waals surface area contributed by atoms with Gasteiger partial charge in [-0.2, -0.15) is 0 Å². The summed E-state index contributed by atoms with van der Waals surface area (Å²) < 4.78 is 13.4. The standard InChI is InChI=1S/C35H59N2O4/c1-5-10-32(39)41-33-30(37(17-6-2)18-8-7-9-19-37)23-28-26-12-11-25-22-31(38)29(36-15-20-40-21-16-36)24-35(25,4)27(26)13-14-34(28,33)3/h6,25-31,33,38H,2,5,7-24H2,1,3-4H3/q+1/t25-,26+,27-,28-,29+,30-,31-,33-,34-,35-/m0/s1. The lowest BCUT2D eigenvalue weighted by Crippen LogP contribution is -2.63. The zero-order chi connectivity index (χ0) is 28.8. The molecule has 0 unspecified atom stereocenters. The number of esters is 1. The molecule has 1 N–H and O–H groups in total. The summed E-state index contributed by atoms with van der Waals surface area (Å²) in [5.41, 5.74) is 0.331. The van der Waals surface area contributed by atoms with Crippen LogP contribution in [0.2, 0.25) is 0 Å². The maximum Gasteiger partial charge on any atom is 0.306 e.